The molecule has 3 nitrogen and oxygen atoms in total. The molecule has 1 aliphatic rings. The van der Waals surface area contributed by atoms with Crippen LogP contribution in [0.5, 0.6) is 0 Å². The van der Waals surface area contributed by atoms with Crippen molar-refractivity contribution in [2.45, 2.75) is 38.6 Å². The molecule has 0 radical (unpaired) electrons. The van der Waals surface area contributed by atoms with E-state index in [2.05, 4.69) is 24.4 Å². The molecule has 1 saturated carbocycles. The highest BCUT2D eigenvalue weighted by molar-refractivity contribution is 5.85. The third-order valence-electron chi connectivity index (χ3n) is 3.81. The van der Waals surface area contributed by atoms with Crippen LogP contribution in [0.25, 0.3) is 0 Å². The minimum atomic E-state index is -0.263. The summed E-state index contributed by atoms with van der Waals surface area (Å²) < 4.78 is 0. The highest BCUT2D eigenvalue weighted by Gasteiger charge is 2.48. The predicted octanol–water partition coefficient (Wildman–Crippen LogP) is 2.38. The molecule has 2 rings (SSSR count). The van der Waals surface area contributed by atoms with E-state index in [-0.39, 0.29) is 17.4 Å². The monoisotopic (exact) mass is 246 g/mol. The van der Waals surface area contributed by atoms with E-state index in [1.165, 1.54) is 5.56 Å². The van der Waals surface area contributed by atoms with Crippen LogP contribution >= 0.6 is 0 Å². The van der Waals surface area contributed by atoms with Gasteiger partial charge in [0.2, 0.25) is 5.91 Å². The number of rotatable bonds is 6. The zero-order chi connectivity index (χ0) is 13.0. The van der Waals surface area contributed by atoms with Gasteiger partial charge in [0.15, 0.2) is 0 Å². The average Bonchev–Trinajstić information content (AvgIpc) is 3.20. The lowest BCUT2D eigenvalue weighted by Gasteiger charge is -2.22. The van der Waals surface area contributed by atoms with Gasteiger partial charge in [-0.05, 0) is 24.8 Å². The third kappa shape index (κ3) is 2.72. The van der Waals surface area contributed by atoms with Gasteiger partial charge in [0.05, 0.1) is 11.5 Å². The quantitative estimate of drug-likeness (QED) is 0.809. The first-order valence-corrected chi connectivity index (χ1v) is 6.78. The largest absolute Gasteiger partial charge is 0.349 e. The van der Waals surface area contributed by atoms with Gasteiger partial charge in [-0.2, -0.15) is 0 Å². The van der Waals surface area contributed by atoms with Crippen LogP contribution in [0.4, 0.5) is 0 Å². The lowest BCUT2D eigenvalue weighted by atomic mass is 10.00. The van der Waals surface area contributed by atoms with E-state index in [1.807, 2.05) is 18.2 Å². The molecule has 3 heteroatoms. The molecule has 0 aliphatic heterocycles. The van der Waals surface area contributed by atoms with E-state index in [4.69, 9.17) is 5.73 Å². The summed E-state index contributed by atoms with van der Waals surface area (Å²) in [7, 11) is 0. The van der Waals surface area contributed by atoms with E-state index < -0.39 is 0 Å². The summed E-state index contributed by atoms with van der Waals surface area (Å²) in [5.74, 6) is 0.132. The van der Waals surface area contributed by atoms with Crippen molar-refractivity contribution in [3.63, 3.8) is 0 Å². The molecule has 18 heavy (non-hydrogen) atoms. The molecule has 3 N–H and O–H groups in total. The maximum absolute atomic E-state index is 12.2. The first-order valence-electron chi connectivity index (χ1n) is 6.78. The number of hydrogen-bond donors (Lipinski definition) is 2. The maximum Gasteiger partial charge on any atom is 0.227 e. The van der Waals surface area contributed by atoms with Gasteiger partial charge in [0, 0.05) is 6.54 Å². The van der Waals surface area contributed by atoms with Crippen LogP contribution in [0.15, 0.2) is 30.3 Å². The number of amides is 1. The van der Waals surface area contributed by atoms with Crippen molar-refractivity contribution in [3.8, 4) is 0 Å². The van der Waals surface area contributed by atoms with Crippen LogP contribution < -0.4 is 11.1 Å². The van der Waals surface area contributed by atoms with Crippen molar-refractivity contribution in [1.82, 2.24) is 5.32 Å². The van der Waals surface area contributed by atoms with Crippen molar-refractivity contribution < 1.29 is 4.79 Å². The molecule has 1 aromatic carbocycles. The second kappa shape index (κ2) is 5.53. The van der Waals surface area contributed by atoms with Gasteiger partial charge in [0.1, 0.15) is 0 Å². The minimum absolute atomic E-state index is 0.118. The first-order chi connectivity index (χ1) is 8.72. The van der Waals surface area contributed by atoms with Crippen LogP contribution in [0.1, 0.15) is 44.2 Å². The zero-order valence-corrected chi connectivity index (χ0v) is 11.0. The zero-order valence-electron chi connectivity index (χ0n) is 11.0. The SMILES string of the molecule is CCCC(NC(=O)C1(CN)CC1)c1ccccc1. The number of nitrogens with one attached hydrogen (secondary N) is 1. The van der Waals surface area contributed by atoms with Gasteiger partial charge < -0.3 is 11.1 Å². The van der Waals surface area contributed by atoms with Crippen LogP contribution in [-0.2, 0) is 4.79 Å². The number of hydrogen-bond acceptors (Lipinski definition) is 2. The Balaban J connectivity index is 2.05. The van der Waals surface area contributed by atoms with E-state index in [1.54, 1.807) is 0 Å². The van der Waals surface area contributed by atoms with Crippen LogP contribution in [0, 0.1) is 5.41 Å². The van der Waals surface area contributed by atoms with Crippen molar-refractivity contribution in [1.29, 1.82) is 0 Å². The molecule has 1 aliphatic carbocycles. The van der Waals surface area contributed by atoms with Crippen molar-refractivity contribution in [2.24, 2.45) is 11.1 Å². The summed E-state index contributed by atoms with van der Waals surface area (Å²) >= 11 is 0. The molecule has 0 heterocycles. The summed E-state index contributed by atoms with van der Waals surface area (Å²) in [5, 5.41) is 3.17. The Morgan fingerprint density at radius 1 is 1.39 bits per heavy atom. The van der Waals surface area contributed by atoms with E-state index in [0.29, 0.717) is 6.54 Å². The Morgan fingerprint density at radius 2 is 2.06 bits per heavy atom. The summed E-state index contributed by atoms with van der Waals surface area (Å²) in [4.78, 5) is 12.2. The minimum Gasteiger partial charge on any atom is -0.349 e. The van der Waals surface area contributed by atoms with E-state index >= 15 is 0 Å². The molecule has 1 amide bonds. The lowest BCUT2D eigenvalue weighted by molar-refractivity contribution is -0.126. The number of benzene rings is 1. The standard InChI is InChI=1S/C15H22N2O/c1-2-6-13(12-7-4-3-5-8-12)17-14(18)15(11-16)9-10-15/h3-5,7-8,13H,2,6,9-11,16H2,1H3,(H,17,18). The smallest absolute Gasteiger partial charge is 0.227 e. The molecule has 0 aromatic heterocycles. The Bertz CT molecular complexity index is 398. The number of carbonyl (C=O) groups is 1. The van der Waals surface area contributed by atoms with Crippen molar-refractivity contribution >= 4 is 5.91 Å². The molecule has 1 aromatic rings. The molecule has 1 fully saturated rings. The van der Waals surface area contributed by atoms with E-state index in [9.17, 15) is 4.79 Å². The molecular formula is C15H22N2O. The Kier molecular flexibility index (Phi) is 4.02. The molecular weight excluding hydrogens is 224 g/mol. The van der Waals surface area contributed by atoms with Crippen molar-refractivity contribution in [3.05, 3.63) is 35.9 Å². The molecule has 0 saturated heterocycles. The van der Waals surface area contributed by atoms with Gasteiger partial charge in [-0.15, -0.1) is 0 Å². The topological polar surface area (TPSA) is 55.1 Å². The van der Waals surface area contributed by atoms with Crippen molar-refractivity contribution in [2.75, 3.05) is 6.54 Å². The second-order valence-corrected chi connectivity index (χ2v) is 5.21. The lowest BCUT2D eigenvalue weighted by Crippen LogP contribution is -2.38. The van der Waals surface area contributed by atoms with Gasteiger partial charge in [-0.3, -0.25) is 4.79 Å². The fraction of sp³-hybridized carbons (Fsp3) is 0.533. The summed E-state index contributed by atoms with van der Waals surface area (Å²) in [5.41, 5.74) is 6.62. The first kappa shape index (κ1) is 13.1. The number of carbonyl (C=O) groups excluding carboxylic acids is 1. The maximum atomic E-state index is 12.2. The van der Waals surface area contributed by atoms with E-state index in [0.717, 1.165) is 25.7 Å². The van der Waals surface area contributed by atoms with Gasteiger partial charge in [0.25, 0.3) is 0 Å². The fourth-order valence-corrected chi connectivity index (χ4v) is 2.28. The second-order valence-electron chi connectivity index (χ2n) is 5.21. The molecule has 0 spiro atoms. The number of nitrogens with two attached hydrogens (primary N) is 1. The molecule has 1 atom stereocenters. The highest BCUT2D eigenvalue weighted by atomic mass is 16.2. The Morgan fingerprint density at radius 3 is 2.56 bits per heavy atom. The highest BCUT2D eigenvalue weighted by Crippen LogP contribution is 2.45. The van der Waals surface area contributed by atoms with Crippen LogP contribution in [-0.4, -0.2) is 12.5 Å². The van der Waals surface area contributed by atoms with Gasteiger partial charge in [-0.25, -0.2) is 0 Å². The Labute approximate surface area is 109 Å². The molecule has 0 bridgehead atoms. The summed E-state index contributed by atoms with van der Waals surface area (Å²) in [6.45, 7) is 2.60. The predicted molar refractivity (Wildman–Crippen MR) is 73.0 cm³/mol. The van der Waals surface area contributed by atoms with Gasteiger partial charge >= 0.3 is 0 Å². The van der Waals surface area contributed by atoms with Gasteiger partial charge in [-0.1, -0.05) is 43.7 Å². The third-order valence-corrected chi connectivity index (χ3v) is 3.81. The molecule has 1 unspecified atom stereocenters. The fourth-order valence-electron chi connectivity index (χ4n) is 2.28. The Hall–Kier alpha value is -1.35. The molecule has 98 valence electrons. The normalized spacial score (nSPS) is 18.1. The summed E-state index contributed by atoms with van der Waals surface area (Å²) in [6, 6.07) is 10.3. The van der Waals surface area contributed by atoms with Crippen LogP contribution in [0.3, 0.4) is 0 Å². The van der Waals surface area contributed by atoms with Crippen LogP contribution in [0.2, 0.25) is 0 Å². The summed E-state index contributed by atoms with van der Waals surface area (Å²) in [6.07, 6.45) is 3.89. The average molecular weight is 246 g/mol.